The van der Waals surface area contributed by atoms with Crippen molar-refractivity contribution in [3.63, 3.8) is 0 Å². The number of nitriles is 1. The Kier molecular flexibility index (Phi) is 7.01. The fourth-order valence-corrected chi connectivity index (χ4v) is 1.76. The summed E-state index contributed by atoms with van der Waals surface area (Å²) in [7, 11) is 1.00. The molecule has 0 saturated carbocycles. The molecule has 1 aromatic rings. The lowest BCUT2D eigenvalue weighted by Crippen LogP contribution is -2.31. The van der Waals surface area contributed by atoms with Crippen molar-refractivity contribution in [2.24, 2.45) is 0 Å². The van der Waals surface area contributed by atoms with Gasteiger partial charge in [0.1, 0.15) is 11.7 Å². The number of hydrogen-bond acceptors (Lipinski definition) is 5. The number of amides is 1. The Labute approximate surface area is 111 Å². The van der Waals surface area contributed by atoms with Crippen molar-refractivity contribution in [3.05, 3.63) is 21.9 Å². The molecule has 1 rings (SSSR count). The van der Waals surface area contributed by atoms with Gasteiger partial charge in [-0.05, 0) is 26.8 Å². The first-order valence-electron chi connectivity index (χ1n) is 5.30. The highest BCUT2D eigenvalue weighted by molar-refractivity contribution is 7.10. The quantitative estimate of drug-likeness (QED) is 0.863. The molecule has 0 aliphatic rings. The molecule has 0 bridgehead atoms. The molecule has 0 aliphatic heterocycles. The van der Waals surface area contributed by atoms with Gasteiger partial charge in [-0.25, -0.2) is 4.79 Å². The van der Waals surface area contributed by atoms with E-state index in [1.54, 1.807) is 11.4 Å². The minimum absolute atomic E-state index is 0.390. The minimum atomic E-state index is -0.489. The van der Waals surface area contributed by atoms with Crippen LogP contribution in [-0.4, -0.2) is 23.9 Å². The number of carbonyl (C=O) groups is 1. The first-order valence-corrected chi connectivity index (χ1v) is 6.18. The standard InChI is InChI=1S/C11H14N2O2S.CH4O/c1-11(2,3)15-10(14)13-6-9-4-8(5-12)7-16-9;1-2/h4,7H,6H2,1-3H3,(H,13,14);2H,1H3. The molecule has 100 valence electrons. The Bertz CT molecular complexity index is 416. The van der Waals surface area contributed by atoms with E-state index < -0.39 is 11.7 Å². The monoisotopic (exact) mass is 270 g/mol. The Morgan fingerprint density at radius 2 is 2.17 bits per heavy atom. The Morgan fingerprint density at radius 1 is 1.56 bits per heavy atom. The summed E-state index contributed by atoms with van der Waals surface area (Å²) in [5.74, 6) is 0. The van der Waals surface area contributed by atoms with E-state index in [1.165, 1.54) is 11.3 Å². The SMILES string of the molecule is CC(C)(C)OC(=O)NCc1cc(C#N)cs1.CO. The van der Waals surface area contributed by atoms with Crippen molar-refractivity contribution in [1.29, 1.82) is 5.26 Å². The van der Waals surface area contributed by atoms with Crippen LogP contribution >= 0.6 is 11.3 Å². The van der Waals surface area contributed by atoms with Crippen molar-refractivity contribution in [1.82, 2.24) is 5.32 Å². The van der Waals surface area contributed by atoms with Crippen LogP contribution < -0.4 is 5.32 Å². The molecule has 0 atom stereocenters. The Hall–Kier alpha value is -1.58. The molecular weight excluding hydrogens is 252 g/mol. The zero-order chi connectivity index (χ0) is 14.2. The van der Waals surface area contributed by atoms with Crippen LogP contribution in [0, 0.1) is 11.3 Å². The van der Waals surface area contributed by atoms with E-state index in [2.05, 4.69) is 5.32 Å². The summed E-state index contributed by atoms with van der Waals surface area (Å²) in [6.07, 6.45) is -0.445. The maximum absolute atomic E-state index is 11.3. The second kappa shape index (κ2) is 7.69. The summed E-state index contributed by atoms with van der Waals surface area (Å²) in [5, 5.41) is 20.0. The normalized spacial score (nSPS) is 9.78. The van der Waals surface area contributed by atoms with Gasteiger partial charge in [0.2, 0.25) is 0 Å². The van der Waals surface area contributed by atoms with Gasteiger partial charge < -0.3 is 15.2 Å². The summed E-state index contributed by atoms with van der Waals surface area (Å²) in [6.45, 7) is 5.82. The van der Waals surface area contributed by atoms with Crippen LogP contribution in [0.5, 0.6) is 0 Å². The molecule has 0 fully saturated rings. The number of nitrogens with zero attached hydrogens (tertiary/aromatic N) is 1. The largest absolute Gasteiger partial charge is 0.444 e. The molecule has 1 aromatic heterocycles. The van der Waals surface area contributed by atoms with Crippen LogP contribution in [0.1, 0.15) is 31.2 Å². The lowest BCUT2D eigenvalue weighted by Gasteiger charge is -2.19. The third-order valence-electron chi connectivity index (χ3n) is 1.59. The predicted octanol–water partition coefficient (Wildman–Crippen LogP) is 2.25. The second-order valence-electron chi connectivity index (χ2n) is 4.27. The number of nitrogens with one attached hydrogen (secondary N) is 1. The van der Waals surface area contributed by atoms with Crippen molar-refractivity contribution >= 4 is 17.4 Å². The number of ether oxygens (including phenoxy) is 1. The van der Waals surface area contributed by atoms with Crippen LogP contribution in [-0.2, 0) is 11.3 Å². The molecule has 1 heterocycles. The lowest BCUT2D eigenvalue weighted by molar-refractivity contribution is 0.0524. The molecule has 0 aliphatic carbocycles. The Morgan fingerprint density at radius 3 is 2.61 bits per heavy atom. The van der Waals surface area contributed by atoms with Gasteiger partial charge in [-0.2, -0.15) is 5.26 Å². The van der Waals surface area contributed by atoms with E-state index >= 15 is 0 Å². The second-order valence-corrected chi connectivity index (χ2v) is 5.26. The van der Waals surface area contributed by atoms with Gasteiger partial charge in [-0.1, -0.05) is 0 Å². The Balaban J connectivity index is 0.00000137. The van der Waals surface area contributed by atoms with Crippen LogP contribution in [0.2, 0.25) is 0 Å². The summed E-state index contributed by atoms with van der Waals surface area (Å²) in [5.41, 5.74) is 0.128. The van der Waals surface area contributed by atoms with Gasteiger partial charge in [0.25, 0.3) is 0 Å². The molecule has 2 N–H and O–H groups in total. The molecule has 18 heavy (non-hydrogen) atoms. The number of rotatable bonds is 2. The predicted molar refractivity (Wildman–Crippen MR) is 70.3 cm³/mol. The van der Waals surface area contributed by atoms with Gasteiger partial charge in [-0.15, -0.1) is 11.3 Å². The van der Waals surface area contributed by atoms with Crippen LogP contribution in [0.15, 0.2) is 11.4 Å². The smallest absolute Gasteiger partial charge is 0.407 e. The third kappa shape index (κ3) is 6.89. The molecule has 5 nitrogen and oxygen atoms in total. The summed E-state index contributed by atoms with van der Waals surface area (Å²) in [4.78, 5) is 12.2. The maximum Gasteiger partial charge on any atom is 0.407 e. The van der Waals surface area contributed by atoms with E-state index in [-0.39, 0.29) is 0 Å². The fourth-order valence-electron chi connectivity index (χ4n) is 1.01. The molecule has 1 amide bonds. The summed E-state index contributed by atoms with van der Waals surface area (Å²) in [6, 6.07) is 3.79. The van der Waals surface area contributed by atoms with Crippen LogP contribution in [0.4, 0.5) is 4.79 Å². The van der Waals surface area contributed by atoms with Gasteiger partial charge in [0.15, 0.2) is 0 Å². The van der Waals surface area contributed by atoms with Crippen molar-refractivity contribution < 1.29 is 14.6 Å². The molecule has 0 saturated heterocycles. The molecule has 0 radical (unpaired) electrons. The highest BCUT2D eigenvalue weighted by atomic mass is 32.1. The van der Waals surface area contributed by atoms with Crippen LogP contribution in [0.25, 0.3) is 0 Å². The molecule has 6 heteroatoms. The molecule has 0 unspecified atom stereocenters. The molecule has 0 aromatic carbocycles. The highest BCUT2D eigenvalue weighted by Gasteiger charge is 2.15. The number of hydrogen-bond donors (Lipinski definition) is 2. The van der Waals surface area contributed by atoms with Crippen molar-refractivity contribution in [2.75, 3.05) is 7.11 Å². The van der Waals surface area contributed by atoms with Gasteiger partial charge in [0, 0.05) is 17.4 Å². The minimum Gasteiger partial charge on any atom is -0.444 e. The van der Waals surface area contributed by atoms with Crippen LogP contribution in [0.3, 0.4) is 0 Å². The van der Waals surface area contributed by atoms with Gasteiger partial charge >= 0.3 is 6.09 Å². The molecular formula is C12H18N2O3S. The third-order valence-corrected chi connectivity index (χ3v) is 2.53. The zero-order valence-electron chi connectivity index (χ0n) is 11.0. The summed E-state index contributed by atoms with van der Waals surface area (Å²) < 4.78 is 5.08. The van der Waals surface area contributed by atoms with E-state index in [9.17, 15) is 4.79 Å². The first-order chi connectivity index (χ1) is 8.40. The number of carbonyl (C=O) groups excluding carboxylic acids is 1. The number of thiophene rings is 1. The van der Waals surface area contributed by atoms with Crippen molar-refractivity contribution in [2.45, 2.75) is 32.9 Å². The summed E-state index contributed by atoms with van der Waals surface area (Å²) >= 11 is 1.44. The van der Waals surface area contributed by atoms with E-state index in [0.717, 1.165) is 12.0 Å². The first kappa shape index (κ1) is 16.4. The van der Waals surface area contributed by atoms with Gasteiger partial charge in [0.05, 0.1) is 12.1 Å². The average Bonchev–Trinajstić information content (AvgIpc) is 2.75. The van der Waals surface area contributed by atoms with E-state index in [4.69, 9.17) is 15.1 Å². The highest BCUT2D eigenvalue weighted by Crippen LogP contribution is 2.13. The maximum atomic E-state index is 11.3. The number of aliphatic hydroxyl groups excluding tert-OH is 1. The van der Waals surface area contributed by atoms with Crippen molar-refractivity contribution in [3.8, 4) is 6.07 Å². The number of alkyl carbamates (subject to hydrolysis) is 1. The fraction of sp³-hybridized carbons (Fsp3) is 0.500. The topological polar surface area (TPSA) is 82.3 Å². The lowest BCUT2D eigenvalue weighted by atomic mass is 10.2. The van der Waals surface area contributed by atoms with E-state index in [1.807, 2.05) is 26.8 Å². The average molecular weight is 270 g/mol. The number of aliphatic hydroxyl groups is 1. The van der Waals surface area contributed by atoms with E-state index in [0.29, 0.717) is 12.1 Å². The van der Waals surface area contributed by atoms with Gasteiger partial charge in [-0.3, -0.25) is 0 Å². The molecule has 0 spiro atoms. The zero-order valence-corrected chi connectivity index (χ0v) is 11.8.